The van der Waals surface area contributed by atoms with E-state index in [9.17, 15) is 14.7 Å². The third-order valence-electron chi connectivity index (χ3n) is 3.76. The number of anilines is 1. The van der Waals surface area contributed by atoms with Gasteiger partial charge in [0.1, 0.15) is 5.92 Å². The van der Waals surface area contributed by atoms with Gasteiger partial charge < -0.3 is 10.0 Å². The van der Waals surface area contributed by atoms with Gasteiger partial charge in [-0.15, -0.1) is 0 Å². The van der Waals surface area contributed by atoms with E-state index in [-0.39, 0.29) is 12.5 Å². The van der Waals surface area contributed by atoms with Gasteiger partial charge in [0, 0.05) is 25.5 Å². The van der Waals surface area contributed by atoms with E-state index in [4.69, 9.17) is 0 Å². The van der Waals surface area contributed by atoms with E-state index in [1.165, 1.54) is 4.90 Å². The Kier molecular flexibility index (Phi) is 3.01. The number of carboxylic acid groups (broad SMARTS) is 1. The molecule has 1 aromatic heterocycles. The Morgan fingerprint density at radius 2 is 2.05 bits per heavy atom. The van der Waals surface area contributed by atoms with Crippen molar-refractivity contribution in [1.29, 1.82) is 0 Å². The Balaban J connectivity index is 2.02. The van der Waals surface area contributed by atoms with Crippen LogP contribution in [0.5, 0.6) is 0 Å². The smallest absolute Gasteiger partial charge is 0.312 e. The average molecular weight is 285 g/mol. The van der Waals surface area contributed by atoms with Crippen LogP contribution in [-0.2, 0) is 11.8 Å². The lowest BCUT2D eigenvalue weighted by Crippen LogP contribution is -2.31. The molecule has 3 rings (SSSR count). The summed E-state index contributed by atoms with van der Waals surface area (Å²) in [7, 11) is 1.75. The summed E-state index contributed by atoms with van der Waals surface area (Å²) in [6.07, 6.45) is 1.66. The van der Waals surface area contributed by atoms with Crippen LogP contribution < -0.4 is 4.90 Å². The van der Waals surface area contributed by atoms with E-state index in [0.717, 1.165) is 0 Å². The number of carbonyl (C=O) groups is 2. The van der Waals surface area contributed by atoms with Crippen LogP contribution in [0.1, 0.15) is 27.5 Å². The molecule has 1 aromatic carbocycles. The molecule has 0 aliphatic carbocycles. The summed E-state index contributed by atoms with van der Waals surface area (Å²) in [5.41, 5.74) is 2.48. The van der Waals surface area contributed by atoms with Gasteiger partial charge in [-0.25, -0.2) is 0 Å². The fraction of sp³-hybridized carbons (Fsp3) is 0.267. The summed E-state index contributed by atoms with van der Waals surface area (Å²) in [5.74, 6) is -1.81. The van der Waals surface area contributed by atoms with Crippen LogP contribution in [0.4, 0.5) is 5.69 Å². The molecule has 21 heavy (non-hydrogen) atoms. The van der Waals surface area contributed by atoms with E-state index < -0.39 is 11.9 Å². The summed E-state index contributed by atoms with van der Waals surface area (Å²) in [5, 5.41) is 13.5. The van der Waals surface area contributed by atoms with Gasteiger partial charge in [0.15, 0.2) is 0 Å². The standard InChI is InChI=1S/C15H15N3O3/c1-9-11(7-17(2)16-9)14(19)18-8-12(15(20)21)10-5-3-4-6-13(10)18/h3-7,12H,8H2,1-2H3,(H,20,21)/t12-/m1/s1. The molecule has 1 aliphatic heterocycles. The van der Waals surface area contributed by atoms with Crippen LogP contribution in [0.2, 0.25) is 0 Å². The highest BCUT2D eigenvalue weighted by atomic mass is 16.4. The average Bonchev–Trinajstić information content (AvgIpc) is 2.98. The molecule has 2 aromatic rings. The van der Waals surface area contributed by atoms with Crippen molar-refractivity contribution in [3.8, 4) is 0 Å². The number of para-hydroxylation sites is 1. The number of rotatable bonds is 2. The molecule has 1 aliphatic rings. The number of carboxylic acids is 1. The van der Waals surface area contributed by atoms with E-state index in [1.54, 1.807) is 49.1 Å². The Bertz CT molecular complexity index is 736. The first-order valence-corrected chi connectivity index (χ1v) is 6.63. The molecule has 6 nitrogen and oxygen atoms in total. The molecule has 0 bridgehead atoms. The van der Waals surface area contributed by atoms with Crippen molar-refractivity contribution in [2.75, 3.05) is 11.4 Å². The molecule has 0 saturated heterocycles. The maximum absolute atomic E-state index is 12.7. The quantitative estimate of drug-likeness (QED) is 0.908. The minimum atomic E-state index is -0.916. The number of fused-ring (bicyclic) bond motifs is 1. The molecular weight excluding hydrogens is 270 g/mol. The normalized spacial score (nSPS) is 16.9. The van der Waals surface area contributed by atoms with Crippen LogP contribution in [0, 0.1) is 6.92 Å². The van der Waals surface area contributed by atoms with Crippen molar-refractivity contribution in [2.45, 2.75) is 12.8 Å². The molecule has 1 atom stereocenters. The minimum absolute atomic E-state index is 0.155. The van der Waals surface area contributed by atoms with Crippen molar-refractivity contribution in [3.05, 3.63) is 47.3 Å². The minimum Gasteiger partial charge on any atom is -0.481 e. The highest BCUT2D eigenvalue weighted by molar-refractivity contribution is 6.09. The van der Waals surface area contributed by atoms with Gasteiger partial charge in [0.05, 0.1) is 11.3 Å². The first-order valence-electron chi connectivity index (χ1n) is 6.63. The predicted octanol–water partition coefficient (Wildman–Crippen LogP) is 1.56. The summed E-state index contributed by atoms with van der Waals surface area (Å²) in [6, 6.07) is 7.14. The monoisotopic (exact) mass is 285 g/mol. The second-order valence-electron chi connectivity index (χ2n) is 5.17. The van der Waals surface area contributed by atoms with Crippen LogP contribution in [0.15, 0.2) is 30.5 Å². The molecule has 2 heterocycles. The Hall–Kier alpha value is -2.63. The SMILES string of the molecule is Cc1nn(C)cc1C(=O)N1C[C@@H](C(=O)O)c2ccccc21. The summed E-state index contributed by atoms with van der Waals surface area (Å²) >= 11 is 0. The highest BCUT2D eigenvalue weighted by Gasteiger charge is 2.37. The van der Waals surface area contributed by atoms with Gasteiger partial charge in [-0.3, -0.25) is 14.3 Å². The van der Waals surface area contributed by atoms with Crippen molar-refractivity contribution < 1.29 is 14.7 Å². The van der Waals surface area contributed by atoms with E-state index >= 15 is 0 Å². The Morgan fingerprint density at radius 3 is 2.67 bits per heavy atom. The number of nitrogens with zero attached hydrogens (tertiary/aromatic N) is 3. The van der Waals surface area contributed by atoms with E-state index in [1.807, 2.05) is 0 Å². The van der Waals surface area contributed by atoms with Crippen molar-refractivity contribution in [2.24, 2.45) is 7.05 Å². The third kappa shape index (κ3) is 2.08. The lowest BCUT2D eigenvalue weighted by Gasteiger charge is -2.16. The number of aromatic nitrogens is 2. The number of hydrogen-bond acceptors (Lipinski definition) is 3. The zero-order valence-corrected chi connectivity index (χ0v) is 11.8. The van der Waals surface area contributed by atoms with Crippen LogP contribution in [0.3, 0.4) is 0 Å². The number of aryl methyl sites for hydroxylation is 2. The summed E-state index contributed by atoms with van der Waals surface area (Å²) in [6.45, 7) is 1.92. The van der Waals surface area contributed by atoms with Gasteiger partial charge >= 0.3 is 5.97 Å². The Morgan fingerprint density at radius 1 is 1.33 bits per heavy atom. The fourth-order valence-corrected chi connectivity index (χ4v) is 2.77. The lowest BCUT2D eigenvalue weighted by molar-refractivity contribution is -0.138. The van der Waals surface area contributed by atoms with Gasteiger partial charge in [-0.1, -0.05) is 18.2 Å². The van der Waals surface area contributed by atoms with Gasteiger partial charge in [0.25, 0.3) is 5.91 Å². The topological polar surface area (TPSA) is 75.4 Å². The number of amides is 1. The highest BCUT2D eigenvalue weighted by Crippen LogP contribution is 2.37. The second kappa shape index (κ2) is 4.73. The molecule has 6 heteroatoms. The van der Waals surface area contributed by atoms with Crippen molar-refractivity contribution in [1.82, 2.24) is 9.78 Å². The summed E-state index contributed by atoms with van der Waals surface area (Å²) in [4.78, 5) is 25.6. The Labute approximate surface area is 121 Å². The molecule has 0 unspecified atom stereocenters. The number of benzene rings is 1. The molecule has 0 saturated carbocycles. The maximum atomic E-state index is 12.7. The molecule has 0 fully saturated rings. The van der Waals surface area contributed by atoms with Gasteiger partial charge in [0.2, 0.25) is 0 Å². The third-order valence-corrected chi connectivity index (χ3v) is 3.76. The molecule has 0 radical (unpaired) electrons. The molecule has 108 valence electrons. The van der Waals surface area contributed by atoms with Crippen molar-refractivity contribution >= 4 is 17.6 Å². The first-order chi connectivity index (χ1) is 9.99. The first kappa shape index (κ1) is 13.4. The van der Waals surface area contributed by atoms with E-state index in [0.29, 0.717) is 22.5 Å². The number of hydrogen-bond donors (Lipinski definition) is 1. The van der Waals surface area contributed by atoms with Crippen LogP contribution in [-0.4, -0.2) is 33.3 Å². The lowest BCUT2D eigenvalue weighted by atomic mass is 10.0. The van der Waals surface area contributed by atoms with Gasteiger partial charge in [-0.2, -0.15) is 5.10 Å². The molecule has 1 N–H and O–H groups in total. The largest absolute Gasteiger partial charge is 0.481 e. The molecular formula is C15H15N3O3. The number of aliphatic carboxylic acids is 1. The van der Waals surface area contributed by atoms with Crippen molar-refractivity contribution in [3.63, 3.8) is 0 Å². The fourth-order valence-electron chi connectivity index (χ4n) is 2.77. The van der Waals surface area contributed by atoms with E-state index in [2.05, 4.69) is 5.10 Å². The van der Waals surface area contributed by atoms with Crippen LogP contribution in [0.25, 0.3) is 0 Å². The van der Waals surface area contributed by atoms with Crippen LogP contribution >= 0.6 is 0 Å². The summed E-state index contributed by atoms with van der Waals surface area (Å²) < 4.78 is 1.58. The second-order valence-corrected chi connectivity index (χ2v) is 5.17. The zero-order chi connectivity index (χ0) is 15.1. The number of carbonyl (C=O) groups excluding carboxylic acids is 1. The molecule has 0 spiro atoms. The van der Waals surface area contributed by atoms with Gasteiger partial charge in [-0.05, 0) is 18.6 Å². The molecule has 1 amide bonds. The maximum Gasteiger partial charge on any atom is 0.312 e. The predicted molar refractivity (Wildman–Crippen MR) is 76.4 cm³/mol. The zero-order valence-electron chi connectivity index (χ0n) is 11.8.